The van der Waals surface area contributed by atoms with Crippen molar-refractivity contribution in [2.24, 2.45) is 0 Å². The van der Waals surface area contributed by atoms with E-state index in [-0.39, 0.29) is 12.5 Å². The number of hydrogen-bond donors (Lipinski definition) is 1. The number of carbonyl (C=O) groups excluding carboxylic acids is 1. The van der Waals surface area contributed by atoms with Crippen LogP contribution in [0.5, 0.6) is 0 Å². The smallest absolute Gasteiger partial charge is 0.252 e. The zero-order valence-electron chi connectivity index (χ0n) is 10.3. The number of anilines is 1. The molecule has 2 rings (SSSR count). The first-order chi connectivity index (χ1) is 8.72. The lowest BCUT2D eigenvalue weighted by Gasteiger charge is -2.01. The molecule has 0 atom stereocenters. The number of aromatic nitrogens is 1. The maximum atomic E-state index is 11.4. The number of ether oxygens (including phenoxy) is 1. The largest absolute Gasteiger partial charge is 0.375 e. The Kier molecular flexibility index (Phi) is 3.74. The topological polar surface area (TPSA) is 64.4 Å². The van der Waals surface area contributed by atoms with Gasteiger partial charge in [-0.25, -0.2) is 0 Å². The molecule has 1 aromatic carbocycles. The average Bonchev–Trinajstić information content (AvgIpc) is 2.72. The normalized spacial score (nSPS) is 10.3. The molecule has 94 valence electrons. The third-order valence-electron chi connectivity index (χ3n) is 2.50. The number of carbonyl (C=O) groups is 1. The molecule has 0 spiro atoms. The molecule has 1 amide bonds. The highest BCUT2D eigenvalue weighted by Gasteiger charge is 2.15. The van der Waals surface area contributed by atoms with E-state index in [2.05, 4.69) is 10.5 Å². The van der Waals surface area contributed by atoms with Crippen LogP contribution in [-0.2, 0) is 9.53 Å². The van der Waals surface area contributed by atoms with E-state index in [9.17, 15) is 4.79 Å². The molecule has 1 aromatic heterocycles. The Morgan fingerprint density at radius 2 is 2.11 bits per heavy atom. The van der Waals surface area contributed by atoms with E-state index in [1.165, 1.54) is 7.11 Å². The Labute approximate surface area is 105 Å². The minimum absolute atomic E-state index is 0.0131. The van der Waals surface area contributed by atoms with Crippen molar-refractivity contribution in [1.82, 2.24) is 5.16 Å². The lowest BCUT2D eigenvalue weighted by molar-refractivity contribution is -0.119. The SMILES string of the molecule is COCC(=O)Nc1onc(-c2ccccc2)c1C. The van der Waals surface area contributed by atoms with Gasteiger partial charge in [-0.15, -0.1) is 0 Å². The molecule has 5 heteroatoms. The Morgan fingerprint density at radius 3 is 2.78 bits per heavy atom. The van der Waals surface area contributed by atoms with Crippen LogP contribution in [0.3, 0.4) is 0 Å². The average molecular weight is 246 g/mol. The summed E-state index contributed by atoms with van der Waals surface area (Å²) in [7, 11) is 1.46. The molecule has 0 unspecified atom stereocenters. The van der Waals surface area contributed by atoms with E-state index in [1.54, 1.807) is 0 Å². The van der Waals surface area contributed by atoms with E-state index < -0.39 is 0 Å². The maximum Gasteiger partial charge on any atom is 0.252 e. The van der Waals surface area contributed by atoms with Crippen molar-refractivity contribution >= 4 is 11.8 Å². The highest BCUT2D eigenvalue weighted by Crippen LogP contribution is 2.27. The van der Waals surface area contributed by atoms with Crippen LogP contribution in [-0.4, -0.2) is 24.8 Å². The minimum Gasteiger partial charge on any atom is -0.375 e. The number of hydrogen-bond acceptors (Lipinski definition) is 4. The molecule has 0 aliphatic rings. The molecular formula is C13H14N2O3. The maximum absolute atomic E-state index is 11.4. The van der Waals surface area contributed by atoms with Crippen molar-refractivity contribution in [1.29, 1.82) is 0 Å². The molecule has 0 bridgehead atoms. The molecule has 2 aromatic rings. The van der Waals surface area contributed by atoms with E-state index in [1.807, 2.05) is 37.3 Å². The number of methoxy groups -OCH3 is 1. The fourth-order valence-electron chi connectivity index (χ4n) is 1.61. The monoisotopic (exact) mass is 246 g/mol. The van der Waals surface area contributed by atoms with Crippen LogP contribution in [0, 0.1) is 6.92 Å². The van der Waals surface area contributed by atoms with Gasteiger partial charge in [-0.05, 0) is 6.92 Å². The van der Waals surface area contributed by atoms with Gasteiger partial charge in [0.1, 0.15) is 12.3 Å². The Hall–Kier alpha value is -2.14. The summed E-state index contributed by atoms with van der Waals surface area (Å²) in [4.78, 5) is 11.4. The van der Waals surface area contributed by atoms with Crippen molar-refractivity contribution in [3.05, 3.63) is 35.9 Å². The molecule has 0 aliphatic heterocycles. The Bertz CT molecular complexity index is 534. The van der Waals surface area contributed by atoms with Gasteiger partial charge in [0.15, 0.2) is 0 Å². The zero-order chi connectivity index (χ0) is 13.0. The first kappa shape index (κ1) is 12.3. The van der Waals surface area contributed by atoms with Gasteiger partial charge in [-0.2, -0.15) is 0 Å². The third-order valence-corrected chi connectivity index (χ3v) is 2.50. The highest BCUT2D eigenvalue weighted by molar-refractivity contribution is 5.91. The molecule has 0 radical (unpaired) electrons. The van der Waals surface area contributed by atoms with Crippen LogP contribution in [0.25, 0.3) is 11.3 Å². The second-order valence-corrected chi connectivity index (χ2v) is 3.83. The molecule has 0 saturated carbocycles. The van der Waals surface area contributed by atoms with E-state index in [4.69, 9.17) is 9.26 Å². The van der Waals surface area contributed by atoms with Gasteiger partial charge < -0.3 is 9.26 Å². The third kappa shape index (κ3) is 2.57. The number of amides is 1. The van der Waals surface area contributed by atoms with Gasteiger partial charge in [0.2, 0.25) is 5.88 Å². The number of benzene rings is 1. The van der Waals surface area contributed by atoms with Crippen LogP contribution in [0.1, 0.15) is 5.56 Å². The minimum atomic E-state index is -0.267. The van der Waals surface area contributed by atoms with Gasteiger partial charge in [0.25, 0.3) is 5.91 Å². The summed E-state index contributed by atoms with van der Waals surface area (Å²) >= 11 is 0. The predicted octanol–water partition coefficient (Wildman–Crippen LogP) is 2.23. The zero-order valence-corrected chi connectivity index (χ0v) is 10.3. The van der Waals surface area contributed by atoms with Crippen LogP contribution in [0.15, 0.2) is 34.9 Å². The standard InChI is InChI=1S/C13H14N2O3/c1-9-12(10-6-4-3-5-7-10)15-18-13(9)14-11(16)8-17-2/h3-7H,8H2,1-2H3,(H,14,16). The second kappa shape index (κ2) is 5.46. The number of rotatable bonds is 4. The first-order valence-corrected chi connectivity index (χ1v) is 5.53. The van der Waals surface area contributed by atoms with Gasteiger partial charge in [-0.1, -0.05) is 35.5 Å². The quantitative estimate of drug-likeness (QED) is 0.898. The van der Waals surface area contributed by atoms with Crippen LogP contribution in [0.4, 0.5) is 5.88 Å². The first-order valence-electron chi connectivity index (χ1n) is 5.53. The van der Waals surface area contributed by atoms with Gasteiger partial charge in [0.05, 0.1) is 0 Å². The fraction of sp³-hybridized carbons (Fsp3) is 0.231. The van der Waals surface area contributed by atoms with Crippen molar-refractivity contribution < 1.29 is 14.1 Å². The molecule has 0 saturated heterocycles. The summed E-state index contributed by atoms with van der Waals surface area (Å²) in [5.74, 6) is 0.0901. The molecular weight excluding hydrogens is 232 g/mol. The summed E-state index contributed by atoms with van der Waals surface area (Å²) < 4.78 is 9.86. The summed E-state index contributed by atoms with van der Waals surface area (Å²) in [5.41, 5.74) is 2.47. The van der Waals surface area contributed by atoms with Crippen LogP contribution < -0.4 is 5.32 Å². The highest BCUT2D eigenvalue weighted by atomic mass is 16.5. The summed E-state index contributed by atoms with van der Waals surface area (Å²) in [6.45, 7) is 1.84. The fourth-order valence-corrected chi connectivity index (χ4v) is 1.61. The van der Waals surface area contributed by atoms with E-state index in [0.717, 1.165) is 16.8 Å². The lowest BCUT2D eigenvalue weighted by Crippen LogP contribution is -2.17. The Morgan fingerprint density at radius 1 is 1.39 bits per heavy atom. The molecule has 0 fully saturated rings. The van der Waals surface area contributed by atoms with Crippen molar-refractivity contribution in [3.8, 4) is 11.3 Å². The van der Waals surface area contributed by atoms with Crippen LogP contribution in [0.2, 0.25) is 0 Å². The van der Waals surface area contributed by atoms with Crippen molar-refractivity contribution in [3.63, 3.8) is 0 Å². The lowest BCUT2D eigenvalue weighted by atomic mass is 10.1. The number of nitrogens with one attached hydrogen (secondary N) is 1. The molecule has 1 N–H and O–H groups in total. The van der Waals surface area contributed by atoms with E-state index in [0.29, 0.717) is 5.88 Å². The summed E-state index contributed by atoms with van der Waals surface area (Å²) in [5, 5.41) is 6.58. The van der Waals surface area contributed by atoms with Gasteiger partial charge >= 0.3 is 0 Å². The molecule has 1 heterocycles. The summed E-state index contributed by atoms with van der Waals surface area (Å²) in [6, 6.07) is 9.65. The van der Waals surface area contributed by atoms with Crippen molar-refractivity contribution in [2.75, 3.05) is 19.0 Å². The predicted molar refractivity (Wildman–Crippen MR) is 67.2 cm³/mol. The van der Waals surface area contributed by atoms with Gasteiger partial charge in [-0.3, -0.25) is 10.1 Å². The van der Waals surface area contributed by atoms with Crippen LogP contribution >= 0.6 is 0 Å². The van der Waals surface area contributed by atoms with E-state index >= 15 is 0 Å². The molecule has 5 nitrogen and oxygen atoms in total. The van der Waals surface area contributed by atoms with Gasteiger partial charge in [0, 0.05) is 18.2 Å². The molecule has 18 heavy (non-hydrogen) atoms. The van der Waals surface area contributed by atoms with Crippen molar-refractivity contribution in [2.45, 2.75) is 6.92 Å². The summed E-state index contributed by atoms with van der Waals surface area (Å²) in [6.07, 6.45) is 0. The molecule has 0 aliphatic carbocycles. The Balaban J connectivity index is 2.22. The second-order valence-electron chi connectivity index (χ2n) is 3.83. The number of nitrogens with zero attached hydrogens (tertiary/aromatic N) is 1.